The predicted molar refractivity (Wildman–Crippen MR) is 100 cm³/mol. The summed E-state index contributed by atoms with van der Waals surface area (Å²) >= 11 is 0. The van der Waals surface area contributed by atoms with Gasteiger partial charge in [0, 0.05) is 0 Å². The molecule has 0 saturated heterocycles. The first-order valence-corrected chi connectivity index (χ1v) is 8.22. The van der Waals surface area contributed by atoms with Crippen molar-refractivity contribution in [1.82, 2.24) is 9.97 Å². The Bertz CT molecular complexity index is 959. The van der Waals surface area contributed by atoms with Crippen LogP contribution in [0.5, 0.6) is 5.75 Å². The van der Waals surface area contributed by atoms with Crippen molar-refractivity contribution in [1.29, 1.82) is 0 Å². The Morgan fingerprint density at radius 2 is 1.93 bits per heavy atom. The number of anilines is 1. The third-order valence-corrected chi connectivity index (χ3v) is 3.83. The average molecular weight is 389 g/mol. The van der Waals surface area contributed by atoms with Gasteiger partial charge in [-0.15, -0.1) is 0 Å². The summed E-state index contributed by atoms with van der Waals surface area (Å²) in [6, 6.07) is 2.89. The van der Waals surface area contributed by atoms with Gasteiger partial charge in [-0.3, -0.25) is 4.79 Å². The lowest BCUT2D eigenvalue weighted by molar-refractivity contribution is 0.0590. The van der Waals surface area contributed by atoms with Crippen molar-refractivity contribution < 1.29 is 28.2 Å². The van der Waals surface area contributed by atoms with Gasteiger partial charge in [-0.1, -0.05) is 6.58 Å². The highest BCUT2D eigenvalue weighted by Gasteiger charge is 2.25. The molecule has 148 valence electrons. The number of nitrogens with zero attached hydrogens (tertiary/aromatic N) is 2. The third kappa shape index (κ3) is 3.78. The fraction of sp³-hybridized carbons (Fsp3) is 0.263. The lowest BCUT2D eigenvalue weighted by atomic mass is 10.1. The second-order valence-corrected chi connectivity index (χ2v) is 5.57. The lowest BCUT2D eigenvalue weighted by Crippen LogP contribution is -2.16. The van der Waals surface area contributed by atoms with Gasteiger partial charge in [-0.05, 0) is 26.0 Å². The molecule has 8 nitrogen and oxygen atoms in total. The van der Waals surface area contributed by atoms with Crippen LogP contribution >= 0.6 is 0 Å². The average Bonchev–Trinajstić information content (AvgIpc) is 2.66. The number of esters is 1. The fourth-order valence-corrected chi connectivity index (χ4v) is 2.59. The van der Waals surface area contributed by atoms with Crippen molar-refractivity contribution in [2.45, 2.75) is 13.8 Å². The van der Waals surface area contributed by atoms with Crippen LogP contribution in [0.2, 0.25) is 0 Å². The fourth-order valence-electron chi connectivity index (χ4n) is 2.59. The Hall–Kier alpha value is -3.49. The molecule has 0 spiro atoms. The van der Waals surface area contributed by atoms with E-state index in [0.29, 0.717) is 12.2 Å². The molecule has 0 amide bonds. The van der Waals surface area contributed by atoms with Crippen LogP contribution in [0.1, 0.15) is 40.3 Å². The van der Waals surface area contributed by atoms with Gasteiger partial charge in [0.25, 0.3) is 0 Å². The Balaban J connectivity index is 2.71. The molecule has 0 aliphatic rings. The number of ketones is 1. The number of Topliss-reactive ketones (excluding diaryl/α,β-unsaturated/α-hetero) is 1. The monoisotopic (exact) mass is 389 g/mol. The van der Waals surface area contributed by atoms with E-state index in [9.17, 15) is 9.59 Å². The molecule has 1 aromatic heterocycles. The van der Waals surface area contributed by atoms with Gasteiger partial charge in [0.2, 0.25) is 0 Å². The predicted octanol–water partition coefficient (Wildman–Crippen LogP) is 2.87. The minimum Gasteiger partial charge on any atom is -0.494 e. The molecule has 2 aromatic rings. The maximum Gasteiger partial charge on any atom is 0.357 e. The summed E-state index contributed by atoms with van der Waals surface area (Å²) in [4.78, 5) is 31.8. The molecule has 0 aliphatic carbocycles. The molecule has 0 fully saturated rings. The number of nitrogen functional groups attached to an aromatic ring is 1. The highest BCUT2D eigenvalue weighted by atomic mass is 19.1. The number of carbonyl (C=O) groups excluding carboxylic acids is 2. The number of benzene rings is 1. The van der Waals surface area contributed by atoms with E-state index >= 15 is 4.39 Å². The maximum absolute atomic E-state index is 15.1. The number of methoxy groups -OCH3 is 2. The molecule has 1 aromatic carbocycles. The van der Waals surface area contributed by atoms with Crippen molar-refractivity contribution in [2.24, 2.45) is 0 Å². The molecule has 0 atom stereocenters. The van der Waals surface area contributed by atoms with Gasteiger partial charge < -0.3 is 19.9 Å². The normalized spacial score (nSPS) is 10.3. The zero-order valence-corrected chi connectivity index (χ0v) is 16.0. The smallest absolute Gasteiger partial charge is 0.357 e. The van der Waals surface area contributed by atoms with Crippen molar-refractivity contribution in [3.63, 3.8) is 0 Å². The van der Waals surface area contributed by atoms with E-state index in [4.69, 9.17) is 15.2 Å². The van der Waals surface area contributed by atoms with E-state index < -0.39 is 17.6 Å². The van der Waals surface area contributed by atoms with Crippen LogP contribution in [-0.4, -0.2) is 42.5 Å². The van der Waals surface area contributed by atoms with E-state index in [-0.39, 0.29) is 40.0 Å². The molecular weight excluding hydrogens is 369 g/mol. The number of hydrogen-bond acceptors (Lipinski definition) is 8. The molecule has 9 heteroatoms. The van der Waals surface area contributed by atoms with Gasteiger partial charge in [-0.2, -0.15) is 0 Å². The highest BCUT2D eigenvalue weighted by Crippen LogP contribution is 2.35. The van der Waals surface area contributed by atoms with Crippen LogP contribution in [0.15, 0.2) is 18.7 Å². The number of ether oxygens (including phenoxy) is 3. The van der Waals surface area contributed by atoms with Crippen molar-refractivity contribution >= 4 is 23.3 Å². The van der Waals surface area contributed by atoms with Gasteiger partial charge >= 0.3 is 5.97 Å². The number of hydrogen-bond donors (Lipinski definition) is 1. The van der Waals surface area contributed by atoms with Crippen LogP contribution in [0.3, 0.4) is 0 Å². The number of carbonyl (C=O) groups is 2. The SMILES string of the molecule is C=C(OCC)c1ccc(-c2nc(N)c(C(C)=O)c(C(=O)OC)n2)c(F)c1OC. The standard InChI is InChI=1S/C19H20FN3O5/c1-6-28-10(3)11-7-8-12(14(20)16(11)26-4)18-22-15(19(25)27-5)13(9(2)24)17(21)23-18/h7-8H,3,6H2,1-2,4-5H3,(H2,21,22,23). The van der Waals surface area contributed by atoms with E-state index in [1.807, 2.05) is 0 Å². The zero-order chi connectivity index (χ0) is 21.0. The van der Waals surface area contributed by atoms with E-state index in [1.54, 1.807) is 6.92 Å². The number of aromatic nitrogens is 2. The largest absolute Gasteiger partial charge is 0.494 e. The molecule has 0 saturated carbocycles. The Morgan fingerprint density at radius 3 is 2.46 bits per heavy atom. The van der Waals surface area contributed by atoms with Crippen molar-refractivity contribution in [3.8, 4) is 17.1 Å². The van der Waals surface area contributed by atoms with E-state index in [0.717, 1.165) is 7.11 Å². The topological polar surface area (TPSA) is 114 Å². The maximum atomic E-state index is 15.1. The van der Waals surface area contributed by atoms with Gasteiger partial charge in [0.15, 0.2) is 28.9 Å². The number of nitrogens with two attached hydrogens (primary N) is 1. The molecule has 0 radical (unpaired) electrons. The Labute approximate surface area is 161 Å². The second-order valence-electron chi connectivity index (χ2n) is 5.57. The summed E-state index contributed by atoms with van der Waals surface area (Å²) in [7, 11) is 2.42. The molecule has 0 unspecified atom stereocenters. The van der Waals surface area contributed by atoms with Gasteiger partial charge in [0.05, 0.1) is 37.5 Å². The zero-order valence-electron chi connectivity index (χ0n) is 16.0. The first-order chi connectivity index (χ1) is 13.3. The van der Waals surface area contributed by atoms with Crippen LogP contribution in [-0.2, 0) is 9.47 Å². The molecule has 28 heavy (non-hydrogen) atoms. The van der Waals surface area contributed by atoms with E-state index in [1.165, 1.54) is 26.2 Å². The number of rotatable bonds is 7. The molecular formula is C19H20FN3O5. The third-order valence-electron chi connectivity index (χ3n) is 3.83. The quantitative estimate of drug-likeness (QED) is 0.437. The minimum atomic E-state index is -0.894. The van der Waals surface area contributed by atoms with Crippen LogP contribution in [0.4, 0.5) is 10.2 Å². The summed E-state index contributed by atoms with van der Waals surface area (Å²) in [5, 5.41) is 0. The van der Waals surface area contributed by atoms with Crippen LogP contribution in [0.25, 0.3) is 17.1 Å². The van der Waals surface area contributed by atoms with Crippen molar-refractivity contribution in [2.75, 3.05) is 26.6 Å². The summed E-state index contributed by atoms with van der Waals surface area (Å²) in [6.45, 7) is 7.06. The van der Waals surface area contributed by atoms with Gasteiger partial charge in [0.1, 0.15) is 11.6 Å². The Morgan fingerprint density at radius 1 is 1.25 bits per heavy atom. The Kier molecular flexibility index (Phi) is 6.29. The minimum absolute atomic E-state index is 0.0862. The van der Waals surface area contributed by atoms with Gasteiger partial charge in [-0.25, -0.2) is 19.2 Å². The molecule has 1 heterocycles. The number of halogens is 1. The first-order valence-electron chi connectivity index (χ1n) is 8.22. The molecule has 2 N–H and O–H groups in total. The van der Waals surface area contributed by atoms with Crippen LogP contribution in [0, 0.1) is 5.82 Å². The molecule has 2 rings (SSSR count). The van der Waals surface area contributed by atoms with Crippen molar-refractivity contribution in [3.05, 3.63) is 41.3 Å². The lowest BCUT2D eigenvalue weighted by Gasteiger charge is -2.15. The molecule has 0 aliphatic heterocycles. The van der Waals surface area contributed by atoms with Crippen LogP contribution < -0.4 is 10.5 Å². The molecule has 0 bridgehead atoms. The first kappa shape index (κ1) is 20.8. The van der Waals surface area contributed by atoms with E-state index in [2.05, 4.69) is 21.3 Å². The summed E-state index contributed by atoms with van der Waals surface area (Å²) in [6.07, 6.45) is 0. The summed E-state index contributed by atoms with van der Waals surface area (Å²) in [5.41, 5.74) is 5.51. The summed E-state index contributed by atoms with van der Waals surface area (Å²) in [5.74, 6) is -2.58. The highest BCUT2D eigenvalue weighted by molar-refractivity contribution is 6.07. The second kappa shape index (κ2) is 8.47. The summed E-state index contributed by atoms with van der Waals surface area (Å²) < 4.78 is 30.2.